The molecule has 0 saturated carbocycles. The van der Waals surface area contributed by atoms with Gasteiger partial charge in [0.1, 0.15) is 11.5 Å². The Labute approximate surface area is 197 Å². The fraction of sp³-hybridized carbons (Fsp3) is 0.375. The number of ether oxygens (including phenoxy) is 3. The molecule has 1 fully saturated rings. The smallest absolute Gasteiger partial charge is 0.233 e. The van der Waals surface area contributed by atoms with E-state index in [9.17, 15) is 4.79 Å². The Hall–Kier alpha value is -3.04. The molecule has 0 N–H and O–H groups in total. The number of carbonyl (C=O) groups is 1. The molecule has 1 aromatic heterocycles. The van der Waals surface area contributed by atoms with Crippen molar-refractivity contribution in [2.75, 3.05) is 39.2 Å². The summed E-state index contributed by atoms with van der Waals surface area (Å²) in [6, 6.07) is 15.5. The van der Waals surface area contributed by atoms with Gasteiger partial charge in [0.2, 0.25) is 5.91 Å². The van der Waals surface area contributed by atoms with Gasteiger partial charge in [0.15, 0.2) is 11.0 Å². The molecular formula is C24H28N4O4S. The number of methoxy groups -OCH3 is 1. The van der Waals surface area contributed by atoms with Crippen LogP contribution in [-0.2, 0) is 9.53 Å². The van der Waals surface area contributed by atoms with Crippen molar-refractivity contribution in [2.24, 2.45) is 0 Å². The average molecular weight is 469 g/mol. The van der Waals surface area contributed by atoms with Crippen LogP contribution in [0.15, 0.2) is 53.7 Å². The molecule has 1 saturated heterocycles. The normalized spacial score (nSPS) is 16.0. The minimum absolute atomic E-state index is 0.0554. The van der Waals surface area contributed by atoms with Gasteiger partial charge in [-0.15, -0.1) is 10.2 Å². The number of thioether (sulfide) groups is 1. The molecule has 2 aromatic carbocycles. The topological polar surface area (TPSA) is 78.7 Å². The van der Waals surface area contributed by atoms with Crippen molar-refractivity contribution in [1.82, 2.24) is 19.7 Å². The molecule has 3 aromatic rings. The van der Waals surface area contributed by atoms with Gasteiger partial charge in [-0.25, -0.2) is 0 Å². The molecule has 1 unspecified atom stereocenters. The third-order valence-corrected chi connectivity index (χ3v) is 6.20. The van der Waals surface area contributed by atoms with Crippen LogP contribution in [0.25, 0.3) is 17.1 Å². The number of nitrogens with zero attached hydrogens (tertiary/aromatic N) is 4. The Bertz CT molecular complexity index is 1090. The summed E-state index contributed by atoms with van der Waals surface area (Å²) in [4.78, 5) is 14.6. The van der Waals surface area contributed by atoms with Crippen LogP contribution in [0.3, 0.4) is 0 Å². The van der Waals surface area contributed by atoms with E-state index >= 15 is 0 Å². The van der Waals surface area contributed by atoms with Crippen molar-refractivity contribution in [3.05, 3.63) is 48.5 Å². The van der Waals surface area contributed by atoms with Crippen molar-refractivity contribution in [3.63, 3.8) is 0 Å². The molecule has 33 heavy (non-hydrogen) atoms. The Balaban J connectivity index is 1.63. The number of carbonyl (C=O) groups excluding carboxylic acids is 1. The molecule has 0 spiro atoms. The molecular weight excluding hydrogens is 440 g/mol. The maximum atomic E-state index is 12.8. The molecule has 8 nitrogen and oxygen atoms in total. The lowest BCUT2D eigenvalue weighted by Crippen LogP contribution is -2.45. The Morgan fingerprint density at radius 3 is 2.73 bits per heavy atom. The predicted octanol–water partition coefficient (Wildman–Crippen LogP) is 3.68. The summed E-state index contributed by atoms with van der Waals surface area (Å²) in [6.07, 6.45) is 0.0554. The fourth-order valence-electron chi connectivity index (χ4n) is 3.67. The number of rotatable bonds is 8. The van der Waals surface area contributed by atoms with Gasteiger partial charge in [-0.1, -0.05) is 23.9 Å². The molecule has 4 rings (SSSR count). The highest BCUT2D eigenvalue weighted by Gasteiger charge is 2.23. The van der Waals surface area contributed by atoms with Crippen LogP contribution >= 0.6 is 11.8 Å². The van der Waals surface area contributed by atoms with Gasteiger partial charge >= 0.3 is 0 Å². The first-order valence-electron chi connectivity index (χ1n) is 10.9. The molecule has 2 heterocycles. The number of aromatic nitrogens is 3. The molecule has 9 heteroatoms. The average Bonchev–Trinajstić information content (AvgIpc) is 3.27. The molecule has 0 aliphatic carbocycles. The highest BCUT2D eigenvalue weighted by atomic mass is 32.2. The highest BCUT2D eigenvalue weighted by Crippen LogP contribution is 2.30. The Morgan fingerprint density at radius 2 is 2.00 bits per heavy atom. The van der Waals surface area contributed by atoms with E-state index in [1.165, 1.54) is 11.8 Å². The van der Waals surface area contributed by atoms with Crippen LogP contribution in [0.4, 0.5) is 0 Å². The lowest BCUT2D eigenvalue weighted by Gasteiger charge is -2.31. The van der Waals surface area contributed by atoms with Gasteiger partial charge in [0.05, 0.1) is 32.2 Å². The maximum Gasteiger partial charge on any atom is 0.233 e. The van der Waals surface area contributed by atoms with Crippen molar-refractivity contribution in [3.8, 4) is 28.6 Å². The minimum Gasteiger partial charge on any atom is -0.497 e. The SMILES string of the molecule is CCOc1ccc(-n2c(SCC(=O)N3CCOC(C)C3)nnc2-c2cccc(OC)c2)cc1. The van der Waals surface area contributed by atoms with Crippen molar-refractivity contribution in [1.29, 1.82) is 0 Å². The molecule has 0 bridgehead atoms. The van der Waals surface area contributed by atoms with Crippen molar-refractivity contribution < 1.29 is 19.0 Å². The lowest BCUT2D eigenvalue weighted by molar-refractivity contribution is -0.135. The van der Waals surface area contributed by atoms with E-state index in [4.69, 9.17) is 14.2 Å². The number of hydrogen-bond donors (Lipinski definition) is 0. The Morgan fingerprint density at radius 1 is 1.18 bits per heavy atom. The lowest BCUT2D eigenvalue weighted by atomic mass is 10.2. The van der Waals surface area contributed by atoms with Crippen LogP contribution < -0.4 is 9.47 Å². The molecule has 1 aliphatic heterocycles. The largest absolute Gasteiger partial charge is 0.497 e. The summed E-state index contributed by atoms with van der Waals surface area (Å²) < 4.78 is 18.5. The van der Waals surface area contributed by atoms with Gasteiger partial charge in [0, 0.05) is 24.3 Å². The second-order valence-corrected chi connectivity index (χ2v) is 8.55. The summed E-state index contributed by atoms with van der Waals surface area (Å²) in [5.41, 5.74) is 1.76. The number of amides is 1. The van der Waals surface area contributed by atoms with Crippen molar-refractivity contribution in [2.45, 2.75) is 25.1 Å². The molecule has 1 amide bonds. The van der Waals surface area contributed by atoms with Crippen LogP contribution in [0.5, 0.6) is 11.5 Å². The monoisotopic (exact) mass is 468 g/mol. The van der Waals surface area contributed by atoms with Crippen LogP contribution in [0, 0.1) is 0 Å². The molecule has 1 atom stereocenters. The zero-order chi connectivity index (χ0) is 23.2. The molecule has 1 aliphatic rings. The van der Waals surface area contributed by atoms with Gasteiger partial charge in [-0.05, 0) is 50.2 Å². The summed E-state index contributed by atoms with van der Waals surface area (Å²) in [5, 5.41) is 9.53. The van der Waals surface area contributed by atoms with Crippen molar-refractivity contribution >= 4 is 17.7 Å². The Kier molecular flexibility index (Phi) is 7.51. The molecule has 0 radical (unpaired) electrons. The van der Waals surface area contributed by atoms with E-state index in [1.807, 2.05) is 71.8 Å². The quantitative estimate of drug-likeness (QED) is 0.467. The summed E-state index contributed by atoms with van der Waals surface area (Å²) in [6.45, 7) is 6.33. The van der Waals surface area contributed by atoms with E-state index in [2.05, 4.69) is 10.2 Å². The summed E-state index contributed by atoms with van der Waals surface area (Å²) in [5.74, 6) is 2.55. The van der Waals surface area contributed by atoms with E-state index in [-0.39, 0.29) is 17.8 Å². The third-order valence-electron chi connectivity index (χ3n) is 5.29. The number of benzene rings is 2. The first-order valence-corrected chi connectivity index (χ1v) is 11.9. The van der Waals surface area contributed by atoms with Gasteiger partial charge in [-0.2, -0.15) is 0 Å². The van der Waals surface area contributed by atoms with Gasteiger partial charge in [-0.3, -0.25) is 9.36 Å². The molecule has 174 valence electrons. The zero-order valence-electron chi connectivity index (χ0n) is 19.1. The maximum absolute atomic E-state index is 12.8. The van der Waals surface area contributed by atoms with Crippen LogP contribution in [0.2, 0.25) is 0 Å². The summed E-state index contributed by atoms with van der Waals surface area (Å²) >= 11 is 1.38. The van der Waals surface area contributed by atoms with E-state index in [1.54, 1.807) is 7.11 Å². The van der Waals surface area contributed by atoms with Gasteiger partial charge < -0.3 is 19.1 Å². The summed E-state index contributed by atoms with van der Waals surface area (Å²) in [7, 11) is 1.63. The second-order valence-electron chi connectivity index (χ2n) is 7.61. The number of morpholine rings is 1. The predicted molar refractivity (Wildman–Crippen MR) is 127 cm³/mol. The number of hydrogen-bond acceptors (Lipinski definition) is 7. The van der Waals surface area contributed by atoms with Gasteiger partial charge in [0.25, 0.3) is 0 Å². The standard InChI is InChI=1S/C24H28N4O4S/c1-4-31-20-10-8-19(9-11-20)28-23(18-6-5-7-21(14-18)30-3)25-26-24(28)33-16-22(29)27-12-13-32-17(2)15-27/h5-11,14,17H,4,12-13,15-16H2,1-3H3. The third kappa shape index (κ3) is 5.48. The van der Waals surface area contributed by atoms with Crippen LogP contribution in [-0.4, -0.2) is 70.8 Å². The van der Waals surface area contributed by atoms with Crippen LogP contribution in [0.1, 0.15) is 13.8 Å². The first-order chi connectivity index (χ1) is 16.1. The van der Waals surface area contributed by atoms with E-state index in [0.29, 0.717) is 37.3 Å². The zero-order valence-corrected chi connectivity index (χ0v) is 19.9. The van der Waals surface area contributed by atoms with E-state index in [0.717, 1.165) is 22.7 Å². The van der Waals surface area contributed by atoms with E-state index < -0.39 is 0 Å². The first kappa shape index (κ1) is 23.1. The highest BCUT2D eigenvalue weighted by molar-refractivity contribution is 7.99. The minimum atomic E-state index is 0.0554. The second kappa shape index (κ2) is 10.7. The fourth-order valence-corrected chi connectivity index (χ4v) is 4.52.